The number of nitrogens with zero attached hydrogens (tertiary/aromatic N) is 2. The number of ether oxygens (including phenoxy) is 1. The van der Waals surface area contributed by atoms with E-state index in [0.29, 0.717) is 5.92 Å². The van der Waals surface area contributed by atoms with E-state index in [4.69, 9.17) is 4.74 Å². The predicted octanol–water partition coefficient (Wildman–Crippen LogP) is 0.802. The van der Waals surface area contributed by atoms with Gasteiger partial charge in [-0.25, -0.2) is 0 Å². The Bertz CT molecular complexity index is 222. The molecule has 2 heterocycles. The number of aliphatic hydroxyl groups is 1. The zero-order valence-corrected chi connectivity index (χ0v) is 11.7. The number of rotatable bonds is 5. The molecule has 2 rings (SSSR count). The van der Waals surface area contributed by atoms with Crippen molar-refractivity contribution in [3.63, 3.8) is 0 Å². The first kappa shape index (κ1) is 14.3. The molecule has 0 aliphatic carbocycles. The average Bonchev–Trinajstić information content (AvgIpc) is 2.40. The second kappa shape index (κ2) is 7.43. The monoisotopic (exact) mass is 256 g/mol. The minimum atomic E-state index is -0.125. The minimum absolute atomic E-state index is 0.125. The molecule has 2 aliphatic heterocycles. The molecule has 106 valence electrons. The number of aliphatic hydroxyl groups excluding tert-OH is 1. The van der Waals surface area contributed by atoms with Crippen molar-refractivity contribution in [2.75, 3.05) is 52.5 Å². The first-order valence-electron chi connectivity index (χ1n) is 7.46. The number of hydrogen-bond acceptors (Lipinski definition) is 4. The van der Waals surface area contributed by atoms with E-state index in [-0.39, 0.29) is 6.10 Å². The lowest BCUT2D eigenvalue weighted by Crippen LogP contribution is -2.40. The van der Waals surface area contributed by atoms with Gasteiger partial charge in [-0.2, -0.15) is 0 Å². The van der Waals surface area contributed by atoms with Crippen LogP contribution in [0.1, 0.15) is 26.2 Å². The van der Waals surface area contributed by atoms with Crippen LogP contribution >= 0.6 is 0 Å². The average molecular weight is 256 g/mol. The van der Waals surface area contributed by atoms with Gasteiger partial charge in [-0.3, -0.25) is 4.90 Å². The van der Waals surface area contributed by atoms with Crippen LogP contribution in [0.4, 0.5) is 0 Å². The lowest BCUT2D eigenvalue weighted by Gasteiger charge is -2.34. The van der Waals surface area contributed by atoms with Crippen LogP contribution in [0.15, 0.2) is 0 Å². The molecular formula is C14H28N2O2. The van der Waals surface area contributed by atoms with Crippen LogP contribution in [0.5, 0.6) is 0 Å². The zero-order chi connectivity index (χ0) is 12.8. The summed E-state index contributed by atoms with van der Waals surface area (Å²) in [5.41, 5.74) is 0. The fourth-order valence-electron chi connectivity index (χ4n) is 3.00. The fourth-order valence-corrected chi connectivity index (χ4v) is 3.00. The first-order valence-corrected chi connectivity index (χ1v) is 7.46. The Balaban J connectivity index is 1.55. The molecule has 1 N–H and O–H groups in total. The van der Waals surface area contributed by atoms with Gasteiger partial charge in [-0.15, -0.1) is 0 Å². The van der Waals surface area contributed by atoms with Crippen molar-refractivity contribution in [1.29, 1.82) is 0 Å². The second-order valence-electron chi connectivity index (χ2n) is 5.73. The molecule has 1 unspecified atom stereocenters. The predicted molar refractivity (Wildman–Crippen MR) is 72.7 cm³/mol. The lowest BCUT2D eigenvalue weighted by atomic mass is 9.92. The smallest absolute Gasteiger partial charge is 0.0594 e. The maximum atomic E-state index is 9.57. The van der Waals surface area contributed by atoms with Crippen molar-refractivity contribution in [2.45, 2.75) is 32.3 Å². The summed E-state index contributed by atoms with van der Waals surface area (Å²) >= 11 is 0. The van der Waals surface area contributed by atoms with Crippen LogP contribution in [0.25, 0.3) is 0 Å². The number of likely N-dealkylation sites (tertiary alicyclic amines) is 1. The molecule has 0 radical (unpaired) electrons. The van der Waals surface area contributed by atoms with Gasteiger partial charge in [0.15, 0.2) is 0 Å². The normalized spacial score (nSPS) is 26.3. The quantitative estimate of drug-likeness (QED) is 0.789. The van der Waals surface area contributed by atoms with Crippen molar-refractivity contribution < 1.29 is 9.84 Å². The molecule has 0 spiro atoms. The highest BCUT2D eigenvalue weighted by Crippen LogP contribution is 2.20. The Labute approximate surface area is 111 Å². The van der Waals surface area contributed by atoms with Crippen LogP contribution < -0.4 is 0 Å². The van der Waals surface area contributed by atoms with Gasteiger partial charge in [-0.1, -0.05) is 0 Å². The molecule has 0 aromatic heterocycles. The maximum absolute atomic E-state index is 9.57. The molecule has 2 aliphatic rings. The molecule has 0 saturated carbocycles. The summed E-state index contributed by atoms with van der Waals surface area (Å²) in [7, 11) is 0. The molecule has 4 heteroatoms. The number of piperidine rings is 1. The summed E-state index contributed by atoms with van der Waals surface area (Å²) in [5.74, 6) is 0.528. The summed E-state index contributed by atoms with van der Waals surface area (Å²) in [6.07, 6.45) is 3.46. The van der Waals surface area contributed by atoms with Gasteiger partial charge >= 0.3 is 0 Å². The zero-order valence-electron chi connectivity index (χ0n) is 11.7. The molecule has 0 aromatic rings. The van der Waals surface area contributed by atoms with Crippen LogP contribution in [-0.2, 0) is 4.74 Å². The standard InChI is InChI=1S/C14H28N2O2/c1-13(17)14-3-7-15(8-4-14)5-2-6-16-9-11-18-12-10-16/h13-14,17H,2-12H2,1H3. The van der Waals surface area contributed by atoms with E-state index in [1.54, 1.807) is 0 Å². The van der Waals surface area contributed by atoms with Crippen LogP contribution in [0.2, 0.25) is 0 Å². The Morgan fingerprint density at radius 2 is 1.61 bits per heavy atom. The molecule has 0 amide bonds. The summed E-state index contributed by atoms with van der Waals surface area (Å²) in [6.45, 7) is 10.7. The van der Waals surface area contributed by atoms with E-state index in [9.17, 15) is 5.11 Å². The van der Waals surface area contributed by atoms with E-state index in [1.165, 1.54) is 32.6 Å². The molecule has 18 heavy (non-hydrogen) atoms. The molecule has 2 fully saturated rings. The Morgan fingerprint density at radius 3 is 2.17 bits per heavy atom. The highest BCUT2D eigenvalue weighted by atomic mass is 16.5. The fraction of sp³-hybridized carbons (Fsp3) is 1.00. The third-order valence-electron chi connectivity index (χ3n) is 4.37. The van der Waals surface area contributed by atoms with Gasteiger partial charge in [0.1, 0.15) is 0 Å². The lowest BCUT2D eigenvalue weighted by molar-refractivity contribution is 0.0341. The second-order valence-corrected chi connectivity index (χ2v) is 5.73. The van der Waals surface area contributed by atoms with Crippen LogP contribution in [-0.4, -0.2) is 73.5 Å². The molecule has 1 atom stereocenters. The van der Waals surface area contributed by atoms with Crippen molar-refractivity contribution in [1.82, 2.24) is 9.80 Å². The summed E-state index contributed by atoms with van der Waals surface area (Å²) in [5, 5.41) is 9.57. The van der Waals surface area contributed by atoms with Crippen molar-refractivity contribution in [3.05, 3.63) is 0 Å². The maximum Gasteiger partial charge on any atom is 0.0594 e. The van der Waals surface area contributed by atoms with E-state index in [1.807, 2.05) is 6.92 Å². The largest absolute Gasteiger partial charge is 0.393 e. The molecule has 0 bridgehead atoms. The Morgan fingerprint density at radius 1 is 1.06 bits per heavy atom. The first-order chi connectivity index (χ1) is 8.75. The Kier molecular flexibility index (Phi) is 5.89. The summed E-state index contributed by atoms with van der Waals surface area (Å²) < 4.78 is 5.35. The van der Waals surface area contributed by atoms with E-state index >= 15 is 0 Å². The van der Waals surface area contributed by atoms with Crippen LogP contribution in [0.3, 0.4) is 0 Å². The topological polar surface area (TPSA) is 35.9 Å². The Hall–Kier alpha value is -0.160. The van der Waals surface area contributed by atoms with Crippen molar-refractivity contribution in [2.24, 2.45) is 5.92 Å². The highest BCUT2D eigenvalue weighted by Gasteiger charge is 2.22. The van der Waals surface area contributed by atoms with Gasteiger partial charge in [0.2, 0.25) is 0 Å². The van der Waals surface area contributed by atoms with E-state index < -0.39 is 0 Å². The van der Waals surface area contributed by atoms with Gasteiger partial charge < -0.3 is 14.7 Å². The van der Waals surface area contributed by atoms with Crippen molar-refractivity contribution >= 4 is 0 Å². The number of hydrogen-bond donors (Lipinski definition) is 1. The molecular weight excluding hydrogens is 228 g/mol. The van der Waals surface area contributed by atoms with Gasteiger partial charge in [0.25, 0.3) is 0 Å². The molecule has 2 saturated heterocycles. The van der Waals surface area contributed by atoms with Crippen molar-refractivity contribution in [3.8, 4) is 0 Å². The summed E-state index contributed by atoms with van der Waals surface area (Å²) in [6, 6.07) is 0. The van der Waals surface area contributed by atoms with Gasteiger partial charge in [0.05, 0.1) is 19.3 Å². The SMILES string of the molecule is CC(O)C1CCN(CCCN2CCOCC2)CC1. The highest BCUT2D eigenvalue weighted by molar-refractivity contribution is 4.75. The molecule has 4 nitrogen and oxygen atoms in total. The third-order valence-corrected chi connectivity index (χ3v) is 4.37. The molecule has 0 aromatic carbocycles. The van der Waals surface area contributed by atoms with Gasteiger partial charge in [0, 0.05) is 13.1 Å². The number of morpholine rings is 1. The van der Waals surface area contributed by atoms with Gasteiger partial charge in [-0.05, 0) is 58.3 Å². The minimum Gasteiger partial charge on any atom is -0.393 e. The summed E-state index contributed by atoms with van der Waals surface area (Å²) in [4.78, 5) is 5.06. The van der Waals surface area contributed by atoms with E-state index in [0.717, 1.165) is 39.1 Å². The van der Waals surface area contributed by atoms with Crippen LogP contribution in [0, 0.1) is 5.92 Å². The third kappa shape index (κ3) is 4.50. The van der Waals surface area contributed by atoms with E-state index in [2.05, 4.69) is 9.80 Å².